The monoisotopic (exact) mass is 353 g/mol. The van der Waals surface area contributed by atoms with Gasteiger partial charge in [0.15, 0.2) is 0 Å². The van der Waals surface area contributed by atoms with Gasteiger partial charge in [0, 0.05) is 24.2 Å². The maximum Gasteiger partial charge on any atom is 0.266 e. The van der Waals surface area contributed by atoms with Crippen molar-refractivity contribution in [1.82, 2.24) is 25.9 Å². The minimum Gasteiger partial charge on any atom is -0.353 e. The van der Waals surface area contributed by atoms with Crippen LogP contribution in [0.5, 0.6) is 0 Å². The van der Waals surface area contributed by atoms with Crippen molar-refractivity contribution < 1.29 is 4.79 Å². The molecule has 2 heterocycles. The lowest BCUT2D eigenvalue weighted by Gasteiger charge is -2.11. The first-order valence-corrected chi connectivity index (χ1v) is 9.13. The number of nitrogens with zero attached hydrogens (tertiary/aromatic N) is 2. The number of aromatic nitrogens is 2. The Labute approximate surface area is 151 Å². The predicted molar refractivity (Wildman–Crippen MR) is 98.1 cm³/mol. The average molecular weight is 353 g/mol. The topological polar surface area (TPSA) is 88.0 Å². The van der Waals surface area contributed by atoms with E-state index in [1.165, 1.54) is 23.6 Å². The Kier molecular flexibility index (Phi) is 4.81. The van der Waals surface area contributed by atoms with Crippen molar-refractivity contribution in [3.05, 3.63) is 52.8 Å². The lowest BCUT2D eigenvalue weighted by atomic mass is 10.1. The van der Waals surface area contributed by atoms with E-state index < -0.39 is 0 Å². The molecule has 0 radical (unpaired) electrons. The minimum absolute atomic E-state index is 0.0343. The van der Waals surface area contributed by atoms with Crippen LogP contribution < -0.4 is 21.7 Å². The third-order valence-corrected chi connectivity index (χ3v) is 5.00. The van der Waals surface area contributed by atoms with Crippen LogP contribution in [0.4, 0.5) is 0 Å². The summed E-state index contributed by atoms with van der Waals surface area (Å²) < 4.78 is 1.40. The van der Waals surface area contributed by atoms with Gasteiger partial charge in [0.05, 0.1) is 12.2 Å². The molecule has 2 aromatic rings. The molecule has 1 saturated heterocycles. The Hall–Kier alpha value is -2.51. The van der Waals surface area contributed by atoms with Gasteiger partial charge in [0.25, 0.3) is 5.56 Å². The van der Waals surface area contributed by atoms with Crippen LogP contribution in [0, 0.1) is 5.92 Å². The van der Waals surface area contributed by atoms with Gasteiger partial charge in [-0.3, -0.25) is 15.0 Å². The molecular formula is C19H23N5O2. The molecule has 7 nitrogen and oxygen atoms in total. The van der Waals surface area contributed by atoms with Crippen molar-refractivity contribution in [2.24, 2.45) is 5.92 Å². The summed E-state index contributed by atoms with van der Waals surface area (Å²) in [6, 6.07) is 13.1. The number of carbonyl (C=O) groups is 1. The van der Waals surface area contributed by atoms with Crippen LogP contribution in [-0.4, -0.2) is 34.3 Å². The molecule has 1 aromatic heterocycles. The number of nitrogens with one attached hydrogen (secondary N) is 3. The van der Waals surface area contributed by atoms with Crippen LogP contribution in [-0.2, 0) is 11.3 Å². The van der Waals surface area contributed by atoms with Crippen LogP contribution in [0.3, 0.4) is 0 Å². The number of rotatable bonds is 6. The van der Waals surface area contributed by atoms with Crippen LogP contribution in [0.25, 0.3) is 11.3 Å². The van der Waals surface area contributed by atoms with Crippen LogP contribution in [0.2, 0.25) is 0 Å². The van der Waals surface area contributed by atoms with E-state index in [9.17, 15) is 9.59 Å². The summed E-state index contributed by atoms with van der Waals surface area (Å²) in [5, 5.41) is 7.30. The summed E-state index contributed by atoms with van der Waals surface area (Å²) in [7, 11) is 0. The van der Waals surface area contributed by atoms with Gasteiger partial charge < -0.3 is 5.32 Å². The van der Waals surface area contributed by atoms with E-state index in [2.05, 4.69) is 21.3 Å². The van der Waals surface area contributed by atoms with Gasteiger partial charge in [-0.1, -0.05) is 30.3 Å². The van der Waals surface area contributed by atoms with E-state index >= 15 is 0 Å². The van der Waals surface area contributed by atoms with Crippen molar-refractivity contribution in [2.45, 2.75) is 37.9 Å². The maximum absolute atomic E-state index is 12.3. The molecule has 2 aliphatic rings. The fourth-order valence-corrected chi connectivity index (χ4v) is 3.34. The van der Waals surface area contributed by atoms with Gasteiger partial charge in [0.1, 0.15) is 6.04 Å². The Morgan fingerprint density at radius 3 is 2.73 bits per heavy atom. The number of amides is 1. The first-order valence-electron chi connectivity index (χ1n) is 9.13. The predicted octanol–water partition coefficient (Wildman–Crippen LogP) is 0.672. The molecule has 26 heavy (non-hydrogen) atoms. The van der Waals surface area contributed by atoms with Gasteiger partial charge >= 0.3 is 0 Å². The fourth-order valence-electron chi connectivity index (χ4n) is 3.34. The van der Waals surface area contributed by atoms with Gasteiger partial charge in [-0.15, -0.1) is 0 Å². The lowest BCUT2D eigenvalue weighted by molar-refractivity contribution is -0.122. The third kappa shape index (κ3) is 3.84. The number of benzene rings is 1. The molecule has 2 fully saturated rings. The van der Waals surface area contributed by atoms with Gasteiger partial charge in [-0.05, 0) is 31.2 Å². The second-order valence-electron chi connectivity index (χ2n) is 6.96. The van der Waals surface area contributed by atoms with Crippen molar-refractivity contribution in [3.8, 4) is 11.3 Å². The Bertz CT molecular complexity index is 831. The summed E-state index contributed by atoms with van der Waals surface area (Å²) >= 11 is 0. The molecule has 1 saturated carbocycles. The molecule has 3 N–H and O–H groups in total. The van der Waals surface area contributed by atoms with Crippen molar-refractivity contribution in [3.63, 3.8) is 0 Å². The smallest absolute Gasteiger partial charge is 0.266 e. The summed E-state index contributed by atoms with van der Waals surface area (Å²) in [4.78, 5) is 24.3. The number of hydrogen-bond acceptors (Lipinski definition) is 5. The molecule has 1 aromatic carbocycles. The first kappa shape index (κ1) is 16.9. The van der Waals surface area contributed by atoms with Gasteiger partial charge in [0.2, 0.25) is 5.91 Å². The number of carbonyl (C=O) groups excluding carboxylic acids is 1. The van der Waals surface area contributed by atoms with Gasteiger partial charge in [-0.25, -0.2) is 10.1 Å². The number of hydrazine groups is 1. The van der Waals surface area contributed by atoms with E-state index in [0.29, 0.717) is 25.0 Å². The highest BCUT2D eigenvalue weighted by Gasteiger charge is 2.38. The van der Waals surface area contributed by atoms with E-state index in [0.717, 1.165) is 17.7 Å². The Morgan fingerprint density at radius 1 is 1.15 bits per heavy atom. The molecule has 4 rings (SSSR count). The second-order valence-corrected chi connectivity index (χ2v) is 6.96. The van der Waals surface area contributed by atoms with E-state index in [4.69, 9.17) is 0 Å². The fraction of sp³-hybridized carbons (Fsp3) is 0.421. The van der Waals surface area contributed by atoms with Crippen LogP contribution in [0.1, 0.15) is 19.3 Å². The summed E-state index contributed by atoms with van der Waals surface area (Å²) in [5.74, 6) is 0.678. The molecule has 7 heteroatoms. The van der Waals surface area contributed by atoms with Crippen molar-refractivity contribution >= 4 is 5.91 Å². The lowest BCUT2D eigenvalue weighted by Crippen LogP contribution is -2.44. The zero-order valence-electron chi connectivity index (χ0n) is 14.5. The first-order chi connectivity index (χ1) is 12.7. The third-order valence-electron chi connectivity index (χ3n) is 5.00. The SMILES string of the molecule is O=C(NCCn1nc(-c2ccccc2)ccc1=O)C1CC(C2CC2)NN1. The molecule has 1 amide bonds. The van der Waals surface area contributed by atoms with E-state index in [1.54, 1.807) is 6.07 Å². The highest BCUT2D eigenvalue weighted by atomic mass is 16.2. The van der Waals surface area contributed by atoms with Gasteiger partial charge in [-0.2, -0.15) is 5.10 Å². The normalized spacial score (nSPS) is 22.3. The molecule has 1 aliphatic carbocycles. The molecule has 2 atom stereocenters. The molecule has 2 unspecified atom stereocenters. The van der Waals surface area contributed by atoms with E-state index in [1.807, 2.05) is 30.3 Å². The van der Waals surface area contributed by atoms with Crippen molar-refractivity contribution in [1.29, 1.82) is 0 Å². The highest BCUT2D eigenvalue weighted by molar-refractivity contribution is 5.82. The summed E-state index contributed by atoms with van der Waals surface area (Å²) in [5.41, 5.74) is 7.81. The summed E-state index contributed by atoms with van der Waals surface area (Å²) in [6.45, 7) is 0.716. The standard InChI is InChI=1S/C19H23N5O2/c25-18-9-8-15(13-4-2-1-3-5-13)23-24(18)11-10-20-19(26)17-12-16(21-22-17)14-6-7-14/h1-5,8-9,14,16-17,21-22H,6-7,10-12H2,(H,20,26). The summed E-state index contributed by atoms with van der Waals surface area (Å²) in [6.07, 6.45) is 3.32. The molecular weight excluding hydrogens is 330 g/mol. The molecule has 0 spiro atoms. The zero-order valence-corrected chi connectivity index (χ0v) is 14.5. The quantitative estimate of drug-likeness (QED) is 0.711. The Balaban J connectivity index is 1.33. The minimum atomic E-state index is -0.207. The number of hydrogen-bond donors (Lipinski definition) is 3. The van der Waals surface area contributed by atoms with Crippen LogP contribution in [0.15, 0.2) is 47.3 Å². The van der Waals surface area contributed by atoms with Crippen molar-refractivity contribution in [2.75, 3.05) is 6.54 Å². The highest BCUT2D eigenvalue weighted by Crippen LogP contribution is 2.35. The van der Waals surface area contributed by atoms with Crippen LogP contribution >= 0.6 is 0 Å². The maximum atomic E-state index is 12.3. The molecule has 0 bridgehead atoms. The van der Waals surface area contributed by atoms with E-state index in [-0.39, 0.29) is 17.5 Å². The average Bonchev–Trinajstić information content (AvgIpc) is 3.40. The Morgan fingerprint density at radius 2 is 1.96 bits per heavy atom. The zero-order chi connectivity index (χ0) is 17.9. The largest absolute Gasteiger partial charge is 0.353 e. The molecule has 136 valence electrons. The molecule has 1 aliphatic heterocycles. The second kappa shape index (κ2) is 7.39.